The molecule has 0 saturated heterocycles. The monoisotopic (exact) mass is 351 g/mol. The summed E-state index contributed by atoms with van der Waals surface area (Å²) in [5.41, 5.74) is 2.73. The van der Waals surface area contributed by atoms with Gasteiger partial charge in [-0.2, -0.15) is 5.10 Å². The second kappa shape index (κ2) is 6.99. The molecule has 7 heteroatoms. The molecule has 1 heterocycles. The summed E-state index contributed by atoms with van der Waals surface area (Å²) in [5, 5.41) is 15.5. The number of rotatable bonds is 7. The SMILES string of the molecule is COCCCn1nc(C)c2c(Cl)cc(CN(C(=O)O)C3CC3)cc21. The third kappa shape index (κ3) is 3.49. The highest BCUT2D eigenvalue weighted by molar-refractivity contribution is 6.35. The molecule has 1 aromatic carbocycles. The molecule has 0 atom stereocenters. The third-order valence-electron chi connectivity index (χ3n) is 4.34. The van der Waals surface area contributed by atoms with E-state index in [1.807, 2.05) is 23.7 Å². The summed E-state index contributed by atoms with van der Waals surface area (Å²) in [6.07, 6.45) is 1.86. The van der Waals surface area contributed by atoms with E-state index in [4.69, 9.17) is 16.3 Å². The van der Waals surface area contributed by atoms with E-state index in [0.29, 0.717) is 18.2 Å². The van der Waals surface area contributed by atoms with Crippen LogP contribution in [0.1, 0.15) is 30.5 Å². The lowest BCUT2D eigenvalue weighted by Gasteiger charge is -2.19. The van der Waals surface area contributed by atoms with Gasteiger partial charge in [-0.05, 0) is 43.9 Å². The van der Waals surface area contributed by atoms with Crippen LogP contribution >= 0.6 is 11.6 Å². The van der Waals surface area contributed by atoms with Gasteiger partial charge in [-0.1, -0.05) is 11.6 Å². The fraction of sp³-hybridized carbons (Fsp3) is 0.529. The topological polar surface area (TPSA) is 67.6 Å². The third-order valence-corrected chi connectivity index (χ3v) is 4.64. The van der Waals surface area contributed by atoms with Crippen molar-refractivity contribution in [3.05, 3.63) is 28.4 Å². The minimum atomic E-state index is -0.876. The Morgan fingerprint density at radius 1 is 1.50 bits per heavy atom. The highest BCUT2D eigenvalue weighted by atomic mass is 35.5. The maximum Gasteiger partial charge on any atom is 0.407 e. The first-order valence-corrected chi connectivity index (χ1v) is 8.53. The van der Waals surface area contributed by atoms with Gasteiger partial charge in [-0.3, -0.25) is 4.68 Å². The fourth-order valence-electron chi connectivity index (χ4n) is 3.05. The predicted octanol–water partition coefficient (Wildman–Crippen LogP) is 3.68. The van der Waals surface area contributed by atoms with Gasteiger partial charge in [-0.25, -0.2) is 4.79 Å². The number of hydrogen-bond acceptors (Lipinski definition) is 3. The molecule has 3 rings (SSSR count). The minimum absolute atomic E-state index is 0.144. The van der Waals surface area contributed by atoms with Gasteiger partial charge in [0.1, 0.15) is 0 Å². The lowest BCUT2D eigenvalue weighted by Crippen LogP contribution is -2.30. The van der Waals surface area contributed by atoms with E-state index in [-0.39, 0.29) is 6.04 Å². The molecule has 0 unspecified atom stereocenters. The summed E-state index contributed by atoms with van der Waals surface area (Å²) in [5.74, 6) is 0. The Balaban J connectivity index is 1.92. The summed E-state index contributed by atoms with van der Waals surface area (Å²) >= 11 is 6.46. The number of aromatic nitrogens is 2. The number of carboxylic acid groups (broad SMARTS) is 1. The molecular weight excluding hydrogens is 330 g/mol. The maximum atomic E-state index is 11.4. The quantitative estimate of drug-likeness (QED) is 0.773. The fourth-order valence-corrected chi connectivity index (χ4v) is 3.42. The smallest absolute Gasteiger partial charge is 0.407 e. The summed E-state index contributed by atoms with van der Waals surface area (Å²) in [6, 6.07) is 4.01. The van der Waals surface area contributed by atoms with Crippen molar-refractivity contribution >= 4 is 28.6 Å². The molecular formula is C17H22ClN3O3. The zero-order chi connectivity index (χ0) is 17.3. The van der Waals surface area contributed by atoms with Crippen molar-refractivity contribution in [1.29, 1.82) is 0 Å². The molecule has 1 amide bonds. The van der Waals surface area contributed by atoms with E-state index in [2.05, 4.69) is 5.10 Å². The molecule has 1 saturated carbocycles. The van der Waals surface area contributed by atoms with Gasteiger partial charge in [0.15, 0.2) is 0 Å². The molecule has 0 aliphatic heterocycles. The number of fused-ring (bicyclic) bond motifs is 1. The number of carbonyl (C=O) groups is 1. The van der Waals surface area contributed by atoms with E-state index in [1.54, 1.807) is 7.11 Å². The van der Waals surface area contributed by atoms with Crippen molar-refractivity contribution < 1.29 is 14.6 Å². The van der Waals surface area contributed by atoms with Crippen molar-refractivity contribution in [3.8, 4) is 0 Å². The first-order chi connectivity index (χ1) is 11.5. The highest BCUT2D eigenvalue weighted by Gasteiger charge is 2.32. The van der Waals surface area contributed by atoms with Gasteiger partial charge in [-0.15, -0.1) is 0 Å². The maximum absolute atomic E-state index is 11.4. The lowest BCUT2D eigenvalue weighted by molar-refractivity contribution is 0.139. The molecule has 1 N–H and O–H groups in total. The number of benzene rings is 1. The van der Waals surface area contributed by atoms with Gasteiger partial charge in [0.2, 0.25) is 0 Å². The molecule has 0 bridgehead atoms. The largest absolute Gasteiger partial charge is 0.465 e. The summed E-state index contributed by atoms with van der Waals surface area (Å²) < 4.78 is 7.03. The number of hydrogen-bond donors (Lipinski definition) is 1. The molecule has 1 aliphatic rings. The Kier molecular flexibility index (Phi) is 4.96. The summed E-state index contributed by atoms with van der Waals surface area (Å²) in [7, 11) is 1.68. The van der Waals surface area contributed by atoms with E-state index in [0.717, 1.165) is 48.0 Å². The Morgan fingerprint density at radius 2 is 2.25 bits per heavy atom. The van der Waals surface area contributed by atoms with Crippen LogP contribution in [0.2, 0.25) is 5.02 Å². The Hall–Kier alpha value is -1.79. The number of aryl methyl sites for hydroxylation is 2. The second-order valence-corrected chi connectivity index (χ2v) is 6.68. The molecule has 24 heavy (non-hydrogen) atoms. The average molecular weight is 352 g/mol. The van der Waals surface area contributed by atoms with Crippen LogP contribution in [-0.4, -0.2) is 45.6 Å². The molecule has 130 valence electrons. The molecule has 0 radical (unpaired) electrons. The van der Waals surface area contributed by atoms with Gasteiger partial charge in [0.25, 0.3) is 0 Å². The minimum Gasteiger partial charge on any atom is -0.465 e. The number of methoxy groups -OCH3 is 1. The number of ether oxygens (including phenoxy) is 1. The van der Waals surface area contributed by atoms with Crippen LogP contribution in [0.4, 0.5) is 4.79 Å². The number of amides is 1. The van der Waals surface area contributed by atoms with Gasteiger partial charge >= 0.3 is 6.09 Å². The van der Waals surface area contributed by atoms with Gasteiger partial charge in [0, 0.05) is 38.2 Å². The number of halogens is 1. The van der Waals surface area contributed by atoms with E-state index in [9.17, 15) is 9.90 Å². The molecule has 2 aromatic rings. The van der Waals surface area contributed by atoms with Gasteiger partial charge in [0.05, 0.1) is 16.2 Å². The van der Waals surface area contributed by atoms with Crippen molar-refractivity contribution in [3.63, 3.8) is 0 Å². The lowest BCUT2D eigenvalue weighted by atomic mass is 10.1. The summed E-state index contributed by atoms with van der Waals surface area (Å²) in [6.45, 7) is 3.71. The molecule has 1 aromatic heterocycles. The first kappa shape index (κ1) is 17.0. The van der Waals surface area contributed by atoms with Crippen LogP contribution in [0.25, 0.3) is 10.9 Å². The van der Waals surface area contributed by atoms with Gasteiger partial charge < -0.3 is 14.7 Å². The molecule has 1 fully saturated rings. The van der Waals surface area contributed by atoms with Crippen molar-refractivity contribution in [2.45, 2.75) is 45.3 Å². The van der Waals surface area contributed by atoms with Crippen LogP contribution in [0, 0.1) is 6.92 Å². The van der Waals surface area contributed by atoms with E-state index < -0.39 is 6.09 Å². The van der Waals surface area contributed by atoms with Crippen molar-refractivity contribution in [2.75, 3.05) is 13.7 Å². The molecule has 0 spiro atoms. The van der Waals surface area contributed by atoms with Crippen LogP contribution in [0.15, 0.2) is 12.1 Å². The van der Waals surface area contributed by atoms with E-state index >= 15 is 0 Å². The molecule has 1 aliphatic carbocycles. The Labute approximate surface area is 145 Å². The van der Waals surface area contributed by atoms with Crippen molar-refractivity contribution in [1.82, 2.24) is 14.7 Å². The Bertz CT molecular complexity index is 755. The standard InChI is InChI=1S/C17H22ClN3O3/c1-11-16-14(18)8-12(10-20(17(22)23)13-4-5-13)9-15(16)21(19-11)6-3-7-24-2/h8-9,13H,3-7,10H2,1-2H3,(H,22,23). The van der Waals surface area contributed by atoms with Crippen LogP contribution in [-0.2, 0) is 17.8 Å². The first-order valence-electron chi connectivity index (χ1n) is 8.15. The Morgan fingerprint density at radius 3 is 2.88 bits per heavy atom. The van der Waals surface area contributed by atoms with Crippen LogP contribution < -0.4 is 0 Å². The summed E-state index contributed by atoms with van der Waals surface area (Å²) in [4.78, 5) is 12.9. The predicted molar refractivity (Wildman–Crippen MR) is 92.6 cm³/mol. The second-order valence-electron chi connectivity index (χ2n) is 6.27. The van der Waals surface area contributed by atoms with Crippen molar-refractivity contribution in [2.24, 2.45) is 0 Å². The average Bonchev–Trinajstić information content (AvgIpc) is 3.30. The highest BCUT2D eigenvalue weighted by Crippen LogP contribution is 2.32. The zero-order valence-electron chi connectivity index (χ0n) is 14.0. The van der Waals surface area contributed by atoms with Crippen LogP contribution in [0.5, 0.6) is 0 Å². The van der Waals surface area contributed by atoms with E-state index in [1.165, 1.54) is 4.90 Å². The number of nitrogens with zero attached hydrogens (tertiary/aromatic N) is 3. The zero-order valence-corrected chi connectivity index (χ0v) is 14.7. The van der Waals surface area contributed by atoms with Crippen LogP contribution in [0.3, 0.4) is 0 Å². The molecule has 6 nitrogen and oxygen atoms in total. The normalized spacial score (nSPS) is 14.3.